The summed E-state index contributed by atoms with van der Waals surface area (Å²) in [5, 5.41) is 11.3. The number of aromatic nitrogens is 2. The third-order valence-electron chi connectivity index (χ3n) is 4.31. The molecule has 1 aromatic heterocycles. The molecule has 124 valence electrons. The molecule has 0 aliphatic heterocycles. The minimum absolute atomic E-state index is 0.115. The Kier molecular flexibility index (Phi) is 6.13. The van der Waals surface area contributed by atoms with Gasteiger partial charge in [-0.1, -0.05) is 30.8 Å². The smallest absolute Gasteiger partial charge is 0.106 e. The second-order valence-corrected chi connectivity index (χ2v) is 6.05. The number of aryl methyl sites for hydroxylation is 2. The summed E-state index contributed by atoms with van der Waals surface area (Å²) in [6.07, 6.45) is 2.87. The molecule has 23 heavy (non-hydrogen) atoms. The quantitative estimate of drug-likeness (QED) is 0.736. The van der Waals surface area contributed by atoms with E-state index in [1.54, 1.807) is 0 Å². The zero-order valence-electron chi connectivity index (χ0n) is 14.7. The lowest BCUT2D eigenvalue weighted by Crippen LogP contribution is -2.33. The zero-order chi connectivity index (χ0) is 16.8. The lowest BCUT2D eigenvalue weighted by Gasteiger charge is -2.23. The lowest BCUT2D eigenvalue weighted by atomic mass is 9.98. The van der Waals surface area contributed by atoms with E-state index in [0.29, 0.717) is 0 Å². The Morgan fingerprint density at radius 3 is 2.52 bits per heavy atom. The highest BCUT2D eigenvalue weighted by molar-refractivity contribution is 5.66. The fourth-order valence-electron chi connectivity index (χ4n) is 2.75. The van der Waals surface area contributed by atoms with E-state index in [9.17, 15) is 0 Å². The minimum Gasteiger partial charge on any atom is -0.318 e. The van der Waals surface area contributed by atoms with E-state index in [2.05, 4.69) is 72.0 Å². The van der Waals surface area contributed by atoms with Crippen molar-refractivity contribution in [1.82, 2.24) is 20.4 Å². The van der Waals surface area contributed by atoms with Crippen molar-refractivity contribution in [3.8, 4) is 0 Å². The Bertz CT molecular complexity index is 657. The molecule has 1 unspecified atom stereocenters. The topological polar surface area (TPSA) is 41.9 Å². The van der Waals surface area contributed by atoms with Crippen molar-refractivity contribution in [3.05, 3.63) is 59.4 Å². The first-order valence-corrected chi connectivity index (χ1v) is 8.17. The molecule has 0 aliphatic rings. The highest BCUT2D eigenvalue weighted by atomic mass is 15.4. The maximum atomic E-state index is 4.56. The van der Waals surface area contributed by atoms with Crippen molar-refractivity contribution in [2.45, 2.75) is 33.4 Å². The maximum Gasteiger partial charge on any atom is 0.106 e. The molecule has 0 bridgehead atoms. The summed E-state index contributed by atoms with van der Waals surface area (Å²) in [6, 6.07) is 8.41. The first-order valence-electron chi connectivity index (χ1n) is 8.17. The van der Waals surface area contributed by atoms with Gasteiger partial charge in [-0.25, -0.2) is 0 Å². The molecule has 1 aromatic carbocycles. The van der Waals surface area contributed by atoms with Crippen molar-refractivity contribution in [3.63, 3.8) is 0 Å². The number of nitrogens with one attached hydrogen (secondary N) is 2. The monoisotopic (exact) mass is 312 g/mol. The highest BCUT2D eigenvalue weighted by Gasteiger charge is 2.17. The molecular formula is C19H28N4. The molecule has 0 spiro atoms. The molecule has 1 atom stereocenters. The van der Waals surface area contributed by atoms with Gasteiger partial charge in [0.1, 0.15) is 6.17 Å². The summed E-state index contributed by atoms with van der Waals surface area (Å²) in [5.41, 5.74) is 6.04. The van der Waals surface area contributed by atoms with Crippen molar-refractivity contribution in [2.75, 3.05) is 20.1 Å². The molecule has 2 N–H and O–H groups in total. The van der Waals surface area contributed by atoms with Crippen LogP contribution in [0.4, 0.5) is 0 Å². The number of nitrogens with zero attached hydrogens (tertiary/aromatic N) is 2. The average Bonchev–Trinajstić information content (AvgIpc) is 2.86. The van der Waals surface area contributed by atoms with Gasteiger partial charge in [0.25, 0.3) is 0 Å². The van der Waals surface area contributed by atoms with Crippen LogP contribution in [0.3, 0.4) is 0 Å². The fraction of sp³-hybridized carbons (Fsp3) is 0.421. The van der Waals surface area contributed by atoms with Gasteiger partial charge in [0.15, 0.2) is 0 Å². The van der Waals surface area contributed by atoms with Gasteiger partial charge in [0, 0.05) is 25.2 Å². The van der Waals surface area contributed by atoms with Crippen LogP contribution in [0.15, 0.2) is 37.0 Å². The van der Waals surface area contributed by atoms with E-state index in [1.165, 1.54) is 22.4 Å². The summed E-state index contributed by atoms with van der Waals surface area (Å²) in [5.74, 6) is 0. The van der Waals surface area contributed by atoms with Crippen molar-refractivity contribution >= 4 is 5.57 Å². The second-order valence-electron chi connectivity index (χ2n) is 6.05. The van der Waals surface area contributed by atoms with Crippen LogP contribution in [0, 0.1) is 20.8 Å². The van der Waals surface area contributed by atoms with Gasteiger partial charge in [-0.15, -0.1) is 0 Å². The van der Waals surface area contributed by atoms with Gasteiger partial charge in [-0.2, -0.15) is 5.10 Å². The maximum absolute atomic E-state index is 4.56. The molecule has 0 fully saturated rings. The SMILES string of the molecule is C=C(CC(NCCNC)n1ncc(C)c1C)c1ccccc1C. The Labute approximate surface area is 139 Å². The average molecular weight is 312 g/mol. The van der Waals surface area contributed by atoms with Gasteiger partial charge in [-0.05, 0) is 50.1 Å². The third-order valence-corrected chi connectivity index (χ3v) is 4.31. The van der Waals surface area contributed by atoms with Crippen LogP contribution in [-0.4, -0.2) is 29.9 Å². The Morgan fingerprint density at radius 2 is 1.91 bits per heavy atom. The van der Waals surface area contributed by atoms with Gasteiger partial charge in [0.2, 0.25) is 0 Å². The number of hydrogen-bond donors (Lipinski definition) is 2. The summed E-state index contributed by atoms with van der Waals surface area (Å²) in [6.45, 7) is 12.5. The van der Waals surface area contributed by atoms with Crippen LogP contribution < -0.4 is 10.6 Å². The van der Waals surface area contributed by atoms with E-state index < -0.39 is 0 Å². The van der Waals surface area contributed by atoms with Crippen LogP contribution in [-0.2, 0) is 0 Å². The summed E-state index contributed by atoms with van der Waals surface area (Å²) < 4.78 is 2.08. The number of benzene rings is 1. The standard InChI is InChI=1S/C19H28N4/c1-14-8-6-7-9-18(14)15(2)12-19(21-11-10-20-5)23-17(4)16(3)13-22-23/h6-9,13,19-21H,2,10-12H2,1,3-5H3. The molecule has 1 heterocycles. The molecule has 0 aliphatic carbocycles. The van der Waals surface area contributed by atoms with Crippen molar-refractivity contribution in [1.29, 1.82) is 0 Å². The lowest BCUT2D eigenvalue weighted by molar-refractivity contribution is 0.371. The number of hydrogen-bond acceptors (Lipinski definition) is 3. The normalized spacial score (nSPS) is 12.3. The van der Waals surface area contributed by atoms with Gasteiger partial charge >= 0.3 is 0 Å². The zero-order valence-corrected chi connectivity index (χ0v) is 14.7. The van der Waals surface area contributed by atoms with E-state index in [4.69, 9.17) is 0 Å². The summed E-state index contributed by atoms with van der Waals surface area (Å²) in [7, 11) is 1.96. The van der Waals surface area contributed by atoms with Gasteiger partial charge in [-0.3, -0.25) is 10.00 Å². The molecule has 4 nitrogen and oxygen atoms in total. The van der Waals surface area contributed by atoms with E-state index in [0.717, 1.165) is 25.1 Å². The number of rotatable bonds is 8. The molecule has 0 saturated carbocycles. The predicted octanol–water partition coefficient (Wildman–Crippen LogP) is 3.22. The van der Waals surface area contributed by atoms with Crippen LogP contribution in [0.5, 0.6) is 0 Å². The summed E-state index contributed by atoms with van der Waals surface area (Å²) >= 11 is 0. The van der Waals surface area contributed by atoms with Gasteiger partial charge in [0.05, 0.1) is 6.20 Å². The van der Waals surface area contributed by atoms with Crippen LogP contribution in [0.25, 0.3) is 5.57 Å². The molecule has 0 saturated heterocycles. The second kappa shape index (κ2) is 8.09. The Morgan fingerprint density at radius 1 is 1.17 bits per heavy atom. The van der Waals surface area contributed by atoms with Crippen LogP contribution in [0.1, 0.15) is 35.0 Å². The van der Waals surface area contributed by atoms with Crippen molar-refractivity contribution in [2.24, 2.45) is 0 Å². The molecule has 2 aromatic rings. The molecule has 4 heteroatoms. The first-order chi connectivity index (χ1) is 11.0. The predicted molar refractivity (Wildman–Crippen MR) is 97.5 cm³/mol. The van der Waals surface area contributed by atoms with Gasteiger partial charge < -0.3 is 5.32 Å². The highest BCUT2D eigenvalue weighted by Crippen LogP contribution is 2.26. The molecule has 0 amide bonds. The first kappa shape index (κ1) is 17.4. The van der Waals surface area contributed by atoms with Crippen molar-refractivity contribution < 1.29 is 0 Å². The molecule has 0 radical (unpaired) electrons. The molecule has 2 rings (SSSR count). The van der Waals surface area contributed by atoms with Crippen LogP contribution >= 0.6 is 0 Å². The van der Waals surface area contributed by atoms with E-state index in [1.807, 2.05) is 13.2 Å². The van der Waals surface area contributed by atoms with E-state index in [-0.39, 0.29) is 6.17 Å². The van der Waals surface area contributed by atoms with Crippen LogP contribution in [0.2, 0.25) is 0 Å². The summed E-state index contributed by atoms with van der Waals surface area (Å²) in [4.78, 5) is 0. The largest absolute Gasteiger partial charge is 0.318 e. The molecular weight excluding hydrogens is 284 g/mol. The third kappa shape index (κ3) is 4.30. The Hall–Kier alpha value is -1.91. The number of likely N-dealkylation sites (N-methyl/N-ethyl adjacent to an activating group) is 1. The minimum atomic E-state index is 0.115. The fourth-order valence-corrected chi connectivity index (χ4v) is 2.75. The Balaban J connectivity index is 2.19. The van der Waals surface area contributed by atoms with E-state index >= 15 is 0 Å².